The highest BCUT2D eigenvalue weighted by Gasteiger charge is 2.55. The van der Waals surface area contributed by atoms with Crippen LogP contribution in [0.1, 0.15) is 61.9 Å². The van der Waals surface area contributed by atoms with Crippen molar-refractivity contribution in [1.29, 1.82) is 0 Å². The first-order chi connectivity index (χ1) is 16.6. The van der Waals surface area contributed by atoms with Crippen LogP contribution in [0.5, 0.6) is 0 Å². The summed E-state index contributed by atoms with van der Waals surface area (Å²) in [5.41, 5.74) is 1.72. The van der Waals surface area contributed by atoms with E-state index < -0.39 is 11.3 Å². The number of hydrogen-bond acceptors (Lipinski definition) is 5. The minimum absolute atomic E-state index is 0.379. The van der Waals surface area contributed by atoms with Crippen molar-refractivity contribution in [3.8, 4) is 11.3 Å². The van der Waals surface area contributed by atoms with E-state index in [0.717, 1.165) is 29.8 Å². The van der Waals surface area contributed by atoms with Gasteiger partial charge in [0.25, 0.3) is 0 Å². The van der Waals surface area contributed by atoms with Crippen LogP contribution < -0.4 is 5.32 Å². The zero-order valence-corrected chi connectivity index (χ0v) is 21.1. The number of likely N-dealkylation sites (tertiary alicyclic amines) is 1. The molecule has 2 saturated heterocycles. The van der Waals surface area contributed by atoms with Crippen molar-refractivity contribution in [3.05, 3.63) is 71.2 Å². The van der Waals surface area contributed by atoms with Crippen LogP contribution in [-0.2, 0) is 11.3 Å². The molecule has 6 nitrogen and oxygen atoms in total. The summed E-state index contributed by atoms with van der Waals surface area (Å²) in [4.78, 5) is 6.71. The van der Waals surface area contributed by atoms with Crippen molar-refractivity contribution < 1.29 is 9.50 Å². The molecule has 0 amide bonds. The van der Waals surface area contributed by atoms with Crippen LogP contribution in [0.25, 0.3) is 11.3 Å². The number of aliphatic hydroxyl groups is 1. The lowest BCUT2D eigenvalue weighted by Gasteiger charge is -2.55. The largest absolute Gasteiger partial charge is 0.380 e. The van der Waals surface area contributed by atoms with Crippen molar-refractivity contribution in [2.75, 3.05) is 33.2 Å². The van der Waals surface area contributed by atoms with Gasteiger partial charge in [-0.25, -0.2) is 4.39 Å². The van der Waals surface area contributed by atoms with Gasteiger partial charge < -0.3 is 15.3 Å². The van der Waals surface area contributed by atoms with Crippen molar-refractivity contribution in [1.82, 2.24) is 25.4 Å². The molecule has 0 saturated carbocycles. The first-order valence-corrected chi connectivity index (χ1v) is 12.6. The summed E-state index contributed by atoms with van der Waals surface area (Å²) >= 11 is 0. The fourth-order valence-electron chi connectivity index (χ4n) is 5.92. The first-order valence-electron chi connectivity index (χ1n) is 12.6. The van der Waals surface area contributed by atoms with Crippen LogP contribution in [0.2, 0.25) is 0 Å². The van der Waals surface area contributed by atoms with Crippen molar-refractivity contribution in [3.63, 3.8) is 0 Å². The van der Waals surface area contributed by atoms with Gasteiger partial charge >= 0.3 is 0 Å². The van der Waals surface area contributed by atoms with E-state index in [-0.39, 0.29) is 5.41 Å². The summed E-state index contributed by atoms with van der Waals surface area (Å²) in [5, 5.41) is 23.0. The number of pyridine rings is 1. The third-order valence-corrected chi connectivity index (χ3v) is 8.01. The molecule has 0 unspecified atom stereocenters. The van der Waals surface area contributed by atoms with E-state index in [0.29, 0.717) is 43.2 Å². The van der Waals surface area contributed by atoms with Crippen LogP contribution in [0, 0.1) is 5.41 Å². The summed E-state index contributed by atoms with van der Waals surface area (Å²) in [6, 6.07) is 12.0. The Hall–Kier alpha value is -2.61. The Morgan fingerprint density at radius 2 is 1.74 bits per heavy atom. The number of nitrogens with zero attached hydrogens (tertiary/aromatic N) is 3. The molecule has 2 fully saturated rings. The molecule has 1 aromatic carbocycles. The van der Waals surface area contributed by atoms with E-state index in [1.54, 1.807) is 18.5 Å². The Morgan fingerprint density at radius 1 is 1.06 bits per heavy atom. The van der Waals surface area contributed by atoms with E-state index in [1.807, 2.05) is 18.2 Å². The summed E-state index contributed by atoms with van der Waals surface area (Å²) in [7, 11) is 2.07. The third kappa shape index (κ3) is 4.09. The molecule has 1 atom stereocenters. The minimum atomic E-state index is -1.40. The van der Waals surface area contributed by atoms with E-state index in [9.17, 15) is 5.11 Å². The average molecular weight is 478 g/mol. The number of hydrogen-bond donors (Lipinski definition) is 3. The SMILES string of the molecule is CC(C)c1ccc([C@](O)(c2cncc(-c3cc(C4(F)CCNCC4)[nH]n3)c2)C2(C)CN(C)C2)cc1. The first kappa shape index (κ1) is 24.1. The molecule has 35 heavy (non-hydrogen) atoms. The summed E-state index contributed by atoms with van der Waals surface area (Å²) in [6.07, 6.45) is 4.32. The van der Waals surface area contributed by atoms with Gasteiger partial charge in [-0.3, -0.25) is 10.1 Å². The average Bonchev–Trinajstić information content (AvgIpc) is 3.35. The number of rotatable bonds is 6. The van der Waals surface area contributed by atoms with E-state index in [4.69, 9.17) is 0 Å². The molecule has 5 rings (SSSR count). The molecule has 0 aliphatic carbocycles. The molecule has 0 radical (unpaired) electrons. The van der Waals surface area contributed by atoms with E-state index in [2.05, 4.69) is 65.3 Å². The second-order valence-electron chi connectivity index (χ2n) is 11.1. The summed E-state index contributed by atoms with van der Waals surface area (Å²) in [5.74, 6) is 0.417. The number of aromatic nitrogens is 3. The zero-order chi connectivity index (χ0) is 24.8. The Labute approximate surface area is 207 Å². The molecule has 0 bridgehead atoms. The summed E-state index contributed by atoms with van der Waals surface area (Å²) < 4.78 is 15.5. The van der Waals surface area contributed by atoms with Gasteiger partial charge in [0.2, 0.25) is 0 Å². The molecule has 3 N–H and O–H groups in total. The molecule has 186 valence electrons. The highest BCUT2D eigenvalue weighted by molar-refractivity contribution is 5.60. The van der Waals surface area contributed by atoms with Crippen LogP contribution in [0.15, 0.2) is 48.8 Å². The number of aromatic amines is 1. The molecular weight excluding hydrogens is 441 g/mol. The molecule has 7 heteroatoms. The molecule has 3 aromatic rings. The van der Waals surface area contributed by atoms with Crippen LogP contribution in [0.3, 0.4) is 0 Å². The maximum absolute atomic E-state index is 15.5. The lowest BCUT2D eigenvalue weighted by Crippen LogP contribution is -2.63. The van der Waals surface area contributed by atoms with Crippen molar-refractivity contribution >= 4 is 0 Å². The van der Waals surface area contributed by atoms with Crippen molar-refractivity contribution in [2.24, 2.45) is 5.41 Å². The van der Waals surface area contributed by atoms with Crippen LogP contribution in [-0.4, -0.2) is 58.4 Å². The molecule has 4 heterocycles. The van der Waals surface area contributed by atoms with Gasteiger partial charge in [-0.05, 0) is 62.2 Å². The number of H-pyrrole nitrogens is 1. The molecule has 0 spiro atoms. The Balaban J connectivity index is 1.54. The topological polar surface area (TPSA) is 77.1 Å². The highest BCUT2D eigenvalue weighted by Crippen LogP contribution is 2.50. The van der Waals surface area contributed by atoms with Gasteiger partial charge in [-0.2, -0.15) is 5.10 Å². The quantitative estimate of drug-likeness (QED) is 0.493. The number of benzene rings is 1. The number of alkyl halides is 1. The Kier molecular flexibility index (Phi) is 6.06. The fourth-order valence-corrected chi connectivity index (χ4v) is 5.92. The third-order valence-electron chi connectivity index (χ3n) is 8.01. The van der Waals surface area contributed by atoms with E-state index in [1.165, 1.54) is 5.56 Å². The smallest absolute Gasteiger partial charge is 0.154 e. The Bertz CT molecular complexity index is 1180. The number of nitrogens with one attached hydrogen (secondary N) is 2. The second-order valence-corrected chi connectivity index (χ2v) is 11.1. The standard InChI is InChI=1S/C28H36FN5O/c1-19(2)20-5-7-22(8-6-20)28(35,26(3)17-34(4)18-26)23-13-21(15-31-16-23)24-14-25(33-32-24)27(29)9-11-30-12-10-27/h5-8,13-16,19,30,35H,9-12,17-18H2,1-4H3,(H,32,33)/t28-/m0/s1. The van der Waals surface area contributed by atoms with Gasteiger partial charge in [-0.1, -0.05) is 45.0 Å². The van der Waals surface area contributed by atoms with Crippen molar-refractivity contribution in [2.45, 2.75) is 50.8 Å². The van der Waals surface area contributed by atoms with Gasteiger partial charge in [0.15, 0.2) is 5.67 Å². The molecular formula is C28H36FN5O. The highest BCUT2D eigenvalue weighted by atomic mass is 19.1. The predicted octanol–water partition coefficient (Wildman–Crippen LogP) is 4.33. The van der Waals surface area contributed by atoms with Gasteiger partial charge in [0.05, 0.1) is 11.4 Å². The normalized spacial score (nSPS) is 21.5. The molecule has 2 aliphatic rings. The molecule has 2 aliphatic heterocycles. The monoisotopic (exact) mass is 477 g/mol. The minimum Gasteiger partial charge on any atom is -0.380 e. The second kappa shape index (κ2) is 8.80. The van der Waals surface area contributed by atoms with Crippen LogP contribution >= 0.6 is 0 Å². The van der Waals surface area contributed by atoms with E-state index >= 15 is 4.39 Å². The van der Waals surface area contributed by atoms with Gasteiger partial charge in [-0.15, -0.1) is 0 Å². The van der Waals surface area contributed by atoms with Crippen LogP contribution in [0.4, 0.5) is 4.39 Å². The predicted molar refractivity (Wildman–Crippen MR) is 136 cm³/mol. The zero-order valence-electron chi connectivity index (χ0n) is 21.1. The maximum Gasteiger partial charge on any atom is 0.154 e. The maximum atomic E-state index is 15.5. The Morgan fingerprint density at radius 3 is 2.37 bits per heavy atom. The lowest BCUT2D eigenvalue weighted by atomic mass is 9.62. The number of piperidine rings is 1. The van der Waals surface area contributed by atoms with Gasteiger partial charge in [0, 0.05) is 42.0 Å². The molecule has 2 aromatic heterocycles. The summed E-state index contributed by atoms with van der Waals surface area (Å²) in [6.45, 7) is 9.30. The van der Waals surface area contributed by atoms with Gasteiger partial charge in [0.1, 0.15) is 5.60 Å². The number of halogens is 1. The lowest BCUT2D eigenvalue weighted by molar-refractivity contribution is -0.127. The fraction of sp³-hybridized carbons (Fsp3) is 0.500.